The quantitative estimate of drug-likeness (QED) is 0.265. The minimum Gasteiger partial charge on any atom is -0.369 e. The van der Waals surface area contributed by atoms with E-state index in [1.165, 1.54) is 6.07 Å². The van der Waals surface area contributed by atoms with Crippen LogP contribution in [0.15, 0.2) is 41.5 Å². The van der Waals surface area contributed by atoms with Crippen LogP contribution >= 0.6 is 0 Å². The number of nitrogens with one attached hydrogen (secondary N) is 1. The molecule has 0 bridgehead atoms. The van der Waals surface area contributed by atoms with Gasteiger partial charge in [-0.25, -0.2) is 4.39 Å². The van der Waals surface area contributed by atoms with E-state index in [-0.39, 0.29) is 11.2 Å². The monoisotopic (exact) mass is 578 g/mol. The van der Waals surface area contributed by atoms with Crippen molar-refractivity contribution >= 4 is 16.6 Å². The Morgan fingerprint density at radius 1 is 1.14 bits per heavy atom. The van der Waals surface area contributed by atoms with E-state index in [1.54, 1.807) is 6.20 Å². The molecule has 1 aromatic carbocycles. The van der Waals surface area contributed by atoms with Gasteiger partial charge in [-0.2, -0.15) is 5.26 Å². The number of hydrogen-bond donors (Lipinski definition) is 2. The van der Waals surface area contributed by atoms with E-state index >= 15 is 4.39 Å². The van der Waals surface area contributed by atoms with Gasteiger partial charge in [-0.3, -0.25) is 9.78 Å². The summed E-state index contributed by atoms with van der Waals surface area (Å²) in [6.07, 6.45) is 9.82. The minimum absolute atomic E-state index is 0.0954. The molecular formula is C34H51FN6O. The van der Waals surface area contributed by atoms with E-state index in [9.17, 15) is 4.79 Å². The number of unbranched alkanes of at least 4 members (excludes halogenated alkanes) is 2. The summed E-state index contributed by atoms with van der Waals surface area (Å²) < 4.78 is 17.3. The van der Waals surface area contributed by atoms with Gasteiger partial charge in [0.1, 0.15) is 5.82 Å². The minimum atomic E-state index is -0.327. The lowest BCUT2D eigenvalue weighted by Crippen LogP contribution is -2.25. The van der Waals surface area contributed by atoms with Crippen molar-refractivity contribution in [1.29, 1.82) is 5.26 Å². The largest absolute Gasteiger partial charge is 0.369 e. The molecule has 230 valence electrons. The summed E-state index contributed by atoms with van der Waals surface area (Å²) >= 11 is 0. The SMILES string of the molecule is CC.CC.CCCCC#N.Cc1cc(CNCc2cn(C3CC3)c3cc(N4CC[C@H](CN)C4)c(F)cc3c2=O)ccn1. The highest BCUT2D eigenvalue weighted by Gasteiger charge is 2.28. The van der Waals surface area contributed by atoms with Crippen LogP contribution in [0.4, 0.5) is 10.1 Å². The molecule has 3 N–H and O–H groups in total. The Hall–Kier alpha value is -3.28. The van der Waals surface area contributed by atoms with Gasteiger partial charge in [-0.15, -0.1) is 0 Å². The molecule has 0 amide bonds. The van der Waals surface area contributed by atoms with Crippen LogP contribution < -0.4 is 21.4 Å². The summed E-state index contributed by atoms with van der Waals surface area (Å²) in [5, 5.41) is 11.8. The van der Waals surface area contributed by atoms with Crippen LogP contribution in [0.25, 0.3) is 10.9 Å². The lowest BCUT2D eigenvalue weighted by Gasteiger charge is -2.21. The molecule has 1 saturated heterocycles. The Morgan fingerprint density at radius 2 is 1.88 bits per heavy atom. The highest BCUT2D eigenvalue weighted by molar-refractivity contribution is 5.84. The van der Waals surface area contributed by atoms with Crippen LogP contribution in [0.2, 0.25) is 0 Å². The molecule has 2 aromatic heterocycles. The van der Waals surface area contributed by atoms with Crippen molar-refractivity contribution in [3.8, 4) is 6.07 Å². The van der Waals surface area contributed by atoms with Crippen LogP contribution in [0.3, 0.4) is 0 Å². The standard InChI is InChI=1S/C25H30FN5O.C5H9N.2C2H6/c1-16-8-17(4-6-29-16)12-28-13-19-15-31(20-2-3-20)23-10-24(22(26)9-21(23)25(19)32)30-7-5-18(11-27)14-30;1-2-3-4-5-6;2*1-2/h4,6,8-10,15,18,20,28H,2-3,5,7,11-14,27H2,1H3;2-4H2,1H3;2*1-2H3/t18-;;;/m1.../s1. The number of halogens is 1. The van der Waals surface area contributed by atoms with Crippen LogP contribution in [0.5, 0.6) is 0 Å². The van der Waals surface area contributed by atoms with Gasteiger partial charge < -0.3 is 20.5 Å². The number of nitriles is 1. The molecule has 3 aromatic rings. The predicted octanol–water partition coefficient (Wildman–Crippen LogP) is 7.01. The summed E-state index contributed by atoms with van der Waals surface area (Å²) in [7, 11) is 0. The second-order valence-electron chi connectivity index (χ2n) is 10.4. The van der Waals surface area contributed by atoms with Crippen LogP contribution in [0, 0.1) is 30.0 Å². The third-order valence-electron chi connectivity index (χ3n) is 7.32. The zero-order valence-electron chi connectivity index (χ0n) is 26.5. The molecule has 2 aliphatic rings. The summed E-state index contributed by atoms with van der Waals surface area (Å²) in [6, 6.07) is 9.76. The maximum Gasteiger partial charge on any atom is 0.193 e. The summed E-state index contributed by atoms with van der Waals surface area (Å²) in [5.74, 6) is 0.0698. The lowest BCUT2D eigenvalue weighted by molar-refractivity contribution is 0.597. The zero-order valence-corrected chi connectivity index (χ0v) is 26.5. The highest BCUT2D eigenvalue weighted by atomic mass is 19.1. The number of nitrogens with zero attached hydrogens (tertiary/aromatic N) is 4. The van der Waals surface area contributed by atoms with Gasteiger partial charge in [-0.05, 0) is 74.9 Å². The molecule has 1 saturated carbocycles. The lowest BCUT2D eigenvalue weighted by atomic mass is 10.1. The summed E-state index contributed by atoms with van der Waals surface area (Å²) in [5.41, 5.74) is 9.90. The van der Waals surface area contributed by atoms with E-state index in [4.69, 9.17) is 11.0 Å². The normalized spacial score (nSPS) is 15.5. The average molecular weight is 579 g/mol. The third kappa shape index (κ3) is 9.64. The average Bonchev–Trinajstić information content (AvgIpc) is 3.75. The molecule has 1 atom stereocenters. The van der Waals surface area contributed by atoms with Gasteiger partial charge in [-0.1, -0.05) is 41.0 Å². The molecule has 0 unspecified atom stereocenters. The van der Waals surface area contributed by atoms with Crippen molar-refractivity contribution in [2.24, 2.45) is 11.7 Å². The number of pyridine rings is 2. The van der Waals surface area contributed by atoms with Gasteiger partial charge in [0.2, 0.25) is 0 Å². The van der Waals surface area contributed by atoms with Crippen molar-refractivity contribution in [3.63, 3.8) is 0 Å². The first-order chi connectivity index (χ1) is 20.4. The molecule has 0 spiro atoms. The van der Waals surface area contributed by atoms with E-state index in [0.717, 1.165) is 68.4 Å². The van der Waals surface area contributed by atoms with Crippen LogP contribution in [-0.4, -0.2) is 29.2 Å². The topological polar surface area (TPSA) is 100.0 Å². The van der Waals surface area contributed by atoms with Crippen LogP contribution in [-0.2, 0) is 13.1 Å². The van der Waals surface area contributed by atoms with Gasteiger partial charge >= 0.3 is 0 Å². The Bertz CT molecular complexity index is 1340. The van der Waals surface area contributed by atoms with E-state index in [0.29, 0.717) is 48.2 Å². The Morgan fingerprint density at radius 3 is 2.45 bits per heavy atom. The zero-order chi connectivity index (χ0) is 31.1. The number of fused-ring (bicyclic) bond motifs is 1. The second kappa shape index (κ2) is 18.3. The number of benzene rings is 1. The first kappa shape index (κ1) is 34.9. The Labute approximate surface area is 251 Å². The highest BCUT2D eigenvalue weighted by Crippen LogP contribution is 2.38. The fourth-order valence-electron chi connectivity index (χ4n) is 4.99. The number of anilines is 1. The van der Waals surface area contributed by atoms with Crippen molar-refractivity contribution < 1.29 is 4.39 Å². The smallest absolute Gasteiger partial charge is 0.193 e. The maximum atomic E-state index is 15.1. The number of aromatic nitrogens is 2. The number of hydrogen-bond acceptors (Lipinski definition) is 6. The number of rotatable bonds is 9. The molecule has 0 radical (unpaired) electrons. The molecule has 1 aliphatic carbocycles. The maximum absolute atomic E-state index is 15.1. The summed E-state index contributed by atoms with van der Waals surface area (Å²) in [4.78, 5) is 19.5. The van der Waals surface area contributed by atoms with E-state index in [2.05, 4.69) is 32.8 Å². The van der Waals surface area contributed by atoms with Crippen LogP contribution in [0.1, 0.15) is 96.0 Å². The molecule has 7 nitrogen and oxygen atoms in total. The van der Waals surface area contributed by atoms with Gasteiger partial charge in [0.25, 0.3) is 0 Å². The molecule has 3 heterocycles. The van der Waals surface area contributed by atoms with Crippen molar-refractivity contribution in [1.82, 2.24) is 14.9 Å². The second-order valence-corrected chi connectivity index (χ2v) is 10.4. The molecule has 2 fully saturated rings. The number of aryl methyl sites for hydroxylation is 1. The third-order valence-corrected chi connectivity index (χ3v) is 7.32. The van der Waals surface area contributed by atoms with Crippen molar-refractivity contribution in [2.75, 3.05) is 24.5 Å². The first-order valence-electron chi connectivity index (χ1n) is 15.8. The molecule has 5 rings (SSSR count). The summed E-state index contributed by atoms with van der Waals surface area (Å²) in [6.45, 7) is 15.3. The van der Waals surface area contributed by atoms with E-state index in [1.807, 2.05) is 59.0 Å². The Balaban J connectivity index is 0.000000543. The molecular weight excluding hydrogens is 527 g/mol. The molecule has 1 aliphatic heterocycles. The Kier molecular flexibility index (Phi) is 15.2. The van der Waals surface area contributed by atoms with Gasteiger partial charge in [0.05, 0.1) is 17.3 Å². The predicted molar refractivity (Wildman–Crippen MR) is 173 cm³/mol. The van der Waals surface area contributed by atoms with Gasteiger partial charge in [0, 0.05) is 67.7 Å². The van der Waals surface area contributed by atoms with Gasteiger partial charge in [0.15, 0.2) is 5.43 Å². The van der Waals surface area contributed by atoms with E-state index < -0.39 is 0 Å². The molecule has 42 heavy (non-hydrogen) atoms. The first-order valence-corrected chi connectivity index (χ1v) is 15.8. The van der Waals surface area contributed by atoms with Crippen molar-refractivity contribution in [3.05, 3.63) is 69.5 Å². The fraction of sp³-hybridized carbons (Fsp3) is 0.559. The molecule has 8 heteroatoms. The van der Waals surface area contributed by atoms with Crippen molar-refractivity contribution in [2.45, 2.75) is 99.2 Å². The fourth-order valence-corrected chi connectivity index (χ4v) is 4.99. The number of nitrogens with two attached hydrogens (primary N) is 1.